The van der Waals surface area contributed by atoms with Gasteiger partial charge in [-0.1, -0.05) is 59.6 Å². The van der Waals surface area contributed by atoms with Crippen LogP contribution in [0.25, 0.3) is 0 Å². The van der Waals surface area contributed by atoms with Crippen LogP contribution in [-0.2, 0) is 6.61 Å². The molecule has 142 valence electrons. The predicted molar refractivity (Wildman–Crippen MR) is 113 cm³/mol. The van der Waals surface area contributed by atoms with Gasteiger partial charge in [0.15, 0.2) is 0 Å². The molecule has 0 bridgehead atoms. The Kier molecular flexibility index (Phi) is 6.69. The standard InChI is InChI=1S/C22H18Cl2N2O2/c1-15-5-2-3-8-19(15)22(27)26-25-13-16-6-4-7-18(11-16)28-14-17-9-10-20(23)21(24)12-17/h2-13H,14H2,1H3,(H,26,27)/b25-13-. The van der Waals surface area contributed by atoms with Crippen molar-refractivity contribution in [2.75, 3.05) is 0 Å². The Balaban J connectivity index is 1.59. The van der Waals surface area contributed by atoms with Crippen molar-refractivity contribution in [3.8, 4) is 5.75 Å². The molecule has 0 unspecified atom stereocenters. The molecule has 0 radical (unpaired) electrons. The Hall–Kier alpha value is -2.82. The second-order valence-electron chi connectivity index (χ2n) is 6.12. The monoisotopic (exact) mass is 412 g/mol. The Labute approximate surface area is 173 Å². The van der Waals surface area contributed by atoms with Crippen LogP contribution < -0.4 is 10.2 Å². The Morgan fingerprint density at radius 1 is 1.04 bits per heavy atom. The first-order valence-electron chi connectivity index (χ1n) is 8.59. The van der Waals surface area contributed by atoms with Crippen molar-refractivity contribution in [1.29, 1.82) is 0 Å². The van der Waals surface area contributed by atoms with Crippen molar-refractivity contribution in [2.45, 2.75) is 13.5 Å². The van der Waals surface area contributed by atoms with Gasteiger partial charge in [-0.2, -0.15) is 5.10 Å². The van der Waals surface area contributed by atoms with E-state index in [9.17, 15) is 4.79 Å². The fourth-order valence-electron chi connectivity index (χ4n) is 2.53. The molecule has 0 spiro atoms. The highest BCUT2D eigenvalue weighted by molar-refractivity contribution is 6.42. The summed E-state index contributed by atoms with van der Waals surface area (Å²) < 4.78 is 5.79. The van der Waals surface area contributed by atoms with Crippen molar-refractivity contribution in [2.24, 2.45) is 5.10 Å². The van der Waals surface area contributed by atoms with Gasteiger partial charge in [0.25, 0.3) is 5.91 Å². The first kappa shape index (κ1) is 19.9. The van der Waals surface area contributed by atoms with Gasteiger partial charge in [-0.25, -0.2) is 5.43 Å². The van der Waals surface area contributed by atoms with Crippen LogP contribution >= 0.6 is 23.2 Å². The van der Waals surface area contributed by atoms with Gasteiger partial charge in [0.2, 0.25) is 0 Å². The second kappa shape index (κ2) is 9.40. The zero-order chi connectivity index (χ0) is 19.9. The lowest BCUT2D eigenvalue weighted by atomic mass is 10.1. The molecule has 0 aliphatic carbocycles. The van der Waals surface area contributed by atoms with Crippen molar-refractivity contribution in [1.82, 2.24) is 5.43 Å². The molecule has 0 aromatic heterocycles. The lowest BCUT2D eigenvalue weighted by Gasteiger charge is -2.08. The molecule has 1 N–H and O–H groups in total. The van der Waals surface area contributed by atoms with Crippen molar-refractivity contribution in [3.05, 3.63) is 99.0 Å². The van der Waals surface area contributed by atoms with Gasteiger partial charge in [0.1, 0.15) is 12.4 Å². The van der Waals surface area contributed by atoms with E-state index in [4.69, 9.17) is 27.9 Å². The van der Waals surface area contributed by atoms with Crippen molar-refractivity contribution < 1.29 is 9.53 Å². The molecule has 0 saturated heterocycles. The fraction of sp³-hybridized carbons (Fsp3) is 0.0909. The van der Waals surface area contributed by atoms with E-state index < -0.39 is 0 Å². The molecule has 0 aliphatic rings. The first-order valence-corrected chi connectivity index (χ1v) is 9.34. The van der Waals surface area contributed by atoms with E-state index in [0.717, 1.165) is 16.7 Å². The number of nitrogens with one attached hydrogen (secondary N) is 1. The molecule has 3 aromatic carbocycles. The summed E-state index contributed by atoms with van der Waals surface area (Å²) in [6, 6.07) is 20.1. The predicted octanol–water partition coefficient (Wildman–Crippen LogP) is 5.64. The van der Waals surface area contributed by atoms with E-state index in [-0.39, 0.29) is 5.91 Å². The molecule has 1 amide bonds. The number of aryl methyl sites for hydroxylation is 1. The maximum absolute atomic E-state index is 12.2. The lowest BCUT2D eigenvalue weighted by molar-refractivity contribution is 0.0954. The summed E-state index contributed by atoms with van der Waals surface area (Å²) in [5.74, 6) is 0.432. The van der Waals surface area contributed by atoms with Crippen LogP contribution in [0.15, 0.2) is 71.8 Å². The zero-order valence-electron chi connectivity index (χ0n) is 15.2. The number of hydrogen-bond donors (Lipinski definition) is 1. The van der Waals surface area contributed by atoms with E-state index in [1.807, 2.05) is 55.5 Å². The van der Waals surface area contributed by atoms with Crippen LogP contribution in [0.4, 0.5) is 0 Å². The minimum Gasteiger partial charge on any atom is -0.489 e. The number of carbonyl (C=O) groups excluding carboxylic acids is 1. The Morgan fingerprint density at radius 3 is 2.64 bits per heavy atom. The molecule has 28 heavy (non-hydrogen) atoms. The molecule has 6 heteroatoms. The highest BCUT2D eigenvalue weighted by Gasteiger charge is 2.06. The van der Waals surface area contributed by atoms with Gasteiger partial charge in [-0.05, 0) is 53.9 Å². The summed E-state index contributed by atoms with van der Waals surface area (Å²) in [5, 5.41) is 5.03. The van der Waals surface area contributed by atoms with E-state index >= 15 is 0 Å². The van der Waals surface area contributed by atoms with Gasteiger partial charge in [0.05, 0.1) is 16.3 Å². The van der Waals surface area contributed by atoms with Gasteiger partial charge < -0.3 is 4.74 Å². The highest BCUT2D eigenvalue weighted by atomic mass is 35.5. The molecule has 0 atom stereocenters. The summed E-state index contributed by atoms with van der Waals surface area (Å²) in [6.07, 6.45) is 1.57. The molecule has 3 rings (SSSR count). The van der Waals surface area contributed by atoms with Crippen LogP contribution in [0.5, 0.6) is 5.75 Å². The maximum atomic E-state index is 12.2. The third-order valence-corrected chi connectivity index (χ3v) is 4.76. The minimum atomic E-state index is -0.249. The molecule has 4 nitrogen and oxygen atoms in total. The topological polar surface area (TPSA) is 50.7 Å². The Morgan fingerprint density at radius 2 is 1.86 bits per heavy atom. The average molecular weight is 413 g/mol. The molecule has 3 aromatic rings. The number of rotatable bonds is 6. The molecule has 0 heterocycles. The fourth-order valence-corrected chi connectivity index (χ4v) is 2.85. The zero-order valence-corrected chi connectivity index (χ0v) is 16.7. The third kappa shape index (κ3) is 5.35. The number of ether oxygens (including phenoxy) is 1. The van der Waals surface area contributed by atoms with Gasteiger partial charge in [-0.3, -0.25) is 4.79 Å². The average Bonchev–Trinajstić information content (AvgIpc) is 2.69. The third-order valence-electron chi connectivity index (χ3n) is 4.02. The van der Waals surface area contributed by atoms with Crippen molar-refractivity contribution in [3.63, 3.8) is 0 Å². The summed E-state index contributed by atoms with van der Waals surface area (Å²) in [7, 11) is 0. The number of nitrogens with zero attached hydrogens (tertiary/aromatic N) is 1. The quantitative estimate of drug-likeness (QED) is 0.420. The normalized spacial score (nSPS) is 10.8. The first-order chi connectivity index (χ1) is 13.5. The molecular formula is C22H18Cl2N2O2. The van der Waals surface area contributed by atoms with E-state index in [2.05, 4.69) is 10.5 Å². The largest absolute Gasteiger partial charge is 0.489 e. The minimum absolute atomic E-state index is 0.249. The molecule has 0 saturated carbocycles. The smallest absolute Gasteiger partial charge is 0.271 e. The molecule has 0 aliphatic heterocycles. The lowest BCUT2D eigenvalue weighted by Crippen LogP contribution is -2.18. The number of carbonyl (C=O) groups is 1. The number of amides is 1. The van der Waals surface area contributed by atoms with Crippen LogP contribution in [0.2, 0.25) is 10.0 Å². The number of hydrogen-bond acceptors (Lipinski definition) is 3. The van der Waals surface area contributed by atoms with Crippen LogP contribution in [0, 0.1) is 6.92 Å². The summed E-state index contributed by atoms with van der Waals surface area (Å²) in [6.45, 7) is 2.24. The van der Waals surface area contributed by atoms with Crippen molar-refractivity contribution >= 4 is 35.3 Å². The maximum Gasteiger partial charge on any atom is 0.271 e. The second-order valence-corrected chi connectivity index (χ2v) is 6.94. The van der Waals surface area contributed by atoms with Gasteiger partial charge >= 0.3 is 0 Å². The van der Waals surface area contributed by atoms with E-state index in [1.165, 1.54) is 0 Å². The van der Waals surface area contributed by atoms with Gasteiger partial charge in [-0.15, -0.1) is 0 Å². The van der Waals surface area contributed by atoms with E-state index in [1.54, 1.807) is 24.4 Å². The molecular weight excluding hydrogens is 395 g/mol. The SMILES string of the molecule is Cc1ccccc1C(=O)N/N=C\c1cccc(OCc2ccc(Cl)c(Cl)c2)c1. The van der Waals surface area contributed by atoms with E-state index in [0.29, 0.717) is 28.0 Å². The highest BCUT2D eigenvalue weighted by Crippen LogP contribution is 2.23. The van der Waals surface area contributed by atoms with Gasteiger partial charge in [0, 0.05) is 5.56 Å². The summed E-state index contributed by atoms with van der Waals surface area (Å²) in [5.41, 5.74) is 5.75. The Bertz CT molecular complexity index is 1020. The molecule has 0 fully saturated rings. The van der Waals surface area contributed by atoms with Crippen LogP contribution in [0.3, 0.4) is 0 Å². The number of halogens is 2. The number of hydrazone groups is 1. The van der Waals surface area contributed by atoms with Crippen LogP contribution in [-0.4, -0.2) is 12.1 Å². The summed E-state index contributed by atoms with van der Waals surface area (Å²) >= 11 is 11.9. The van der Waals surface area contributed by atoms with Crippen LogP contribution in [0.1, 0.15) is 27.0 Å². The summed E-state index contributed by atoms with van der Waals surface area (Å²) in [4.78, 5) is 12.2. The number of benzene rings is 3.